The zero-order valence-electron chi connectivity index (χ0n) is 22.2. The van der Waals surface area contributed by atoms with Crippen molar-refractivity contribution in [1.29, 1.82) is 0 Å². The minimum atomic E-state index is -1.03. The Morgan fingerprint density at radius 2 is 1.71 bits per heavy atom. The number of nitrogens with zero attached hydrogens (tertiary/aromatic N) is 1. The Kier molecular flexibility index (Phi) is 8.93. The first-order valence-corrected chi connectivity index (χ1v) is 12.3. The summed E-state index contributed by atoms with van der Waals surface area (Å²) in [5.41, 5.74) is 1.06. The second-order valence-corrected chi connectivity index (χ2v) is 9.87. The highest BCUT2D eigenvalue weighted by molar-refractivity contribution is 6.00. The second kappa shape index (κ2) is 12.1. The van der Waals surface area contributed by atoms with Crippen LogP contribution in [0.1, 0.15) is 44.9 Å². The summed E-state index contributed by atoms with van der Waals surface area (Å²) in [5.74, 6) is 1.66. The zero-order valence-corrected chi connectivity index (χ0v) is 22.2. The second-order valence-electron chi connectivity index (χ2n) is 9.87. The van der Waals surface area contributed by atoms with Gasteiger partial charge in [0.2, 0.25) is 5.91 Å². The highest BCUT2D eigenvalue weighted by Gasteiger charge is 2.34. The van der Waals surface area contributed by atoms with E-state index in [0.717, 1.165) is 10.8 Å². The number of benzene rings is 3. The highest BCUT2D eigenvalue weighted by atomic mass is 16.6. The highest BCUT2D eigenvalue weighted by Crippen LogP contribution is 2.26. The first kappa shape index (κ1) is 28.0. The van der Waals surface area contributed by atoms with Crippen LogP contribution in [0, 0.1) is 12.3 Å². The molecule has 3 aromatic rings. The van der Waals surface area contributed by atoms with Gasteiger partial charge in [0.25, 0.3) is 5.91 Å². The normalized spacial score (nSPS) is 12.5. The van der Waals surface area contributed by atoms with Crippen LogP contribution in [-0.4, -0.2) is 41.0 Å². The number of amides is 3. The van der Waals surface area contributed by atoms with Crippen molar-refractivity contribution < 1.29 is 19.1 Å². The molecule has 0 aliphatic heterocycles. The fraction of sp³-hybridized carbons (Fsp3) is 0.258. The van der Waals surface area contributed by atoms with E-state index in [2.05, 4.69) is 23.1 Å². The van der Waals surface area contributed by atoms with Gasteiger partial charge in [-0.25, -0.2) is 4.79 Å². The van der Waals surface area contributed by atoms with Crippen LogP contribution < -0.4 is 10.6 Å². The van der Waals surface area contributed by atoms with Gasteiger partial charge >= 0.3 is 6.09 Å². The predicted molar refractivity (Wildman–Crippen MR) is 150 cm³/mol. The van der Waals surface area contributed by atoms with Crippen molar-refractivity contribution in [2.24, 2.45) is 0 Å². The van der Waals surface area contributed by atoms with Crippen molar-refractivity contribution >= 4 is 34.4 Å². The minimum absolute atomic E-state index is 0.0614. The third-order valence-electron chi connectivity index (χ3n) is 5.68. The summed E-state index contributed by atoms with van der Waals surface area (Å²) in [6.07, 6.45) is 6.31. The van der Waals surface area contributed by atoms with Crippen LogP contribution in [0.4, 0.5) is 10.5 Å². The molecule has 3 rings (SSSR count). The number of fused-ring (bicyclic) bond motifs is 1. The lowest BCUT2D eigenvalue weighted by atomic mass is 10.0. The van der Waals surface area contributed by atoms with Gasteiger partial charge in [-0.1, -0.05) is 54.5 Å². The van der Waals surface area contributed by atoms with Gasteiger partial charge in [-0.15, -0.1) is 13.0 Å². The van der Waals surface area contributed by atoms with Crippen LogP contribution in [0.15, 0.2) is 79.4 Å². The van der Waals surface area contributed by atoms with E-state index in [1.165, 1.54) is 11.0 Å². The van der Waals surface area contributed by atoms with Gasteiger partial charge in [-0.2, -0.15) is 0 Å². The number of hydrogen-bond acceptors (Lipinski definition) is 4. The number of hydrogen-bond donors (Lipinski definition) is 2. The Morgan fingerprint density at radius 3 is 2.32 bits per heavy atom. The summed E-state index contributed by atoms with van der Waals surface area (Å²) in [7, 11) is 0. The van der Waals surface area contributed by atoms with Gasteiger partial charge in [0.1, 0.15) is 17.7 Å². The van der Waals surface area contributed by atoms with Crippen molar-refractivity contribution in [3.63, 3.8) is 0 Å². The number of rotatable bonds is 8. The Labute approximate surface area is 223 Å². The van der Waals surface area contributed by atoms with Gasteiger partial charge in [0.05, 0.1) is 0 Å². The molecule has 7 nitrogen and oxygen atoms in total. The van der Waals surface area contributed by atoms with Crippen LogP contribution in [0.3, 0.4) is 0 Å². The monoisotopic (exact) mass is 511 g/mol. The number of anilines is 1. The molecule has 0 aliphatic rings. The maximum Gasteiger partial charge on any atom is 0.408 e. The molecule has 0 spiro atoms. The molecule has 0 radical (unpaired) electrons. The molecule has 0 fully saturated rings. The summed E-state index contributed by atoms with van der Waals surface area (Å²) in [6, 6.07) is 18.3. The van der Waals surface area contributed by atoms with Gasteiger partial charge in [0.15, 0.2) is 0 Å². The Hall–Kier alpha value is -4.57. The topological polar surface area (TPSA) is 87.7 Å². The molecule has 38 heavy (non-hydrogen) atoms. The number of alkyl carbamates (subject to hydrolysis) is 1. The fourth-order valence-corrected chi connectivity index (χ4v) is 3.97. The van der Waals surface area contributed by atoms with Crippen LogP contribution in [0.2, 0.25) is 0 Å². The average Bonchev–Trinajstić information content (AvgIpc) is 2.87. The number of ether oxygens (including phenoxy) is 1. The van der Waals surface area contributed by atoms with Crippen LogP contribution in [0.5, 0.6) is 0 Å². The van der Waals surface area contributed by atoms with Crippen LogP contribution in [0.25, 0.3) is 10.8 Å². The predicted octanol–water partition coefficient (Wildman–Crippen LogP) is 5.43. The van der Waals surface area contributed by atoms with E-state index < -0.39 is 35.6 Å². The molecular weight excluding hydrogens is 478 g/mol. The summed E-state index contributed by atoms with van der Waals surface area (Å²) in [5, 5.41) is 7.52. The Morgan fingerprint density at radius 1 is 1.05 bits per heavy atom. The average molecular weight is 512 g/mol. The van der Waals surface area contributed by atoms with Crippen molar-refractivity contribution in [3.05, 3.63) is 90.5 Å². The molecule has 7 heteroatoms. The number of terminal acetylenes is 1. The number of nitrogens with one attached hydrogen (secondary N) is 2. The van der Waals surface area contributed by atoms with E-state index in [4.69, 9.17) is 11.2 Å². The molecule has 0 aromatic heterocycles. The Bertz CT molecular complexity index is 1370. The first-order chi connectivity index (χ1) is 18.0. The summed E-state index contributed by atoms with van der Waals surface area (Å²) >= 11 is 0. The van der Waals surface area contributed by atoms with E-state index in [0.29, 0.717) is 16.8 Å². The summed E-state index contributed by atoms with van der Waals surface area (Å²) in [6.45, 7) is 10.6. The molecule has 0 aliphatic carbocycles. The van der Waals surface area contributed by atoms with Crippen molar-refractivity contribution in [3.8, 4) is 12.3 Å². The molecule has 0 saturated carbocycles. The van der Waals surface area contributed by atoms with Gasteiger partial charge in [0, 0.05) is 17.8 Å². The molecule has 3 amide bonds. The zero-order chi connectivity index (χ0) is 27.9. The summed E-state index contributed by atoms with van der Waals surface area (Å²) < 4.78 is 5.29. The maximum absolute atomic E-state index is 13.8. The van der Waals surface area contributed by atoms with E-state index >= 15 is 0 Å². The molecule has 0 saturated heterocycles. The molecule has 0 bridgehead atoms. The molecule has 2 N–H and O–H groups in total. The van der Waals surface area contributed by atoms with E-state index in [1.54, 1.807) is 52.0 Å². The van der Waals surface area contributed by atoms with Gasteiger partial charge < -0.3 is 20.3 Å². The number of carbonyl (C=O) groups is 3. The molecule has 0 heterocycles. The smallest absolute Gasteiger partial charge is 0.408 e. The Balaban J connectivity index is 1.95. The first-order valence-electron chi connectivity index (χ1n) is 12.3. The largest absolute Gasteiger partial charge is 0.444 e. The van der Waals surface area contributed by atoms with Crippen LogP contribution >= 0.6 is 0 Å². The van der Waals surface area contributed by atoms with Crippen molar-refractivity contribution in [2.45, 2.75) is 45.4 Å². The molecular formula is C31H33N3O4. The maximum atomic E-state index is 13.8. The van der Waals surface area contributed by atoms with E-state index in [1.807, 2.05) is 42.5 Å². The third kappa shape index (κ3) is 7.23. The van der Waals surface area contributed by atoms with Crippen molar-refractivity contribution in [1.82, 2.24) is 10.2 Å². The van der Waals surface area contributed by atoms with Crippen molar-refractivity contribution in [2.75, 3.05) is 11.9 Å². The molecule has 196 valence electrons. The minimum Gasteiger partial charge on any atom is -0.444 e. The lowest BCUT2D eigenvalue weighted by Gasteiger charge is -2.33. The fourth-order valence-electron chi connectivity index (χ4n) is 3.97. The molecule has 2 atom stereocenters. The molecule has 3 aromatic carbocycles. The lowest BCUT2D eigenvalue weighted by Crippen LogP contribution is -2.51. The van der Waals surface area contributed by atoms with Gasteiger partial charge in [-0.05, 0) is 68.3 Å². The van der Waals surface area contributed by atoms with E-state index in [9.17, 15) is 14.4 Å². The SMILES string of the molecule is C#Cc1ccc(C(C(=O)Nc2ccc3ccccc3c2)N(CC=C)C(=O)C(C)NC(=O)OC(C)(C)C)cc1. The van der Waals surface area contributed by atoms with Gasteiger partial charge in [-0.3, -0.25) is 9.59 Å². The lowest BCUT2D eigenvalue weighted by molar-refractivity contribution is -0.139. The molecule has 2 unspecified atom stereocenters. The quantitative estimate of drug-likeness (QED) is 0.312. The third-order valence-corrected chi connectivity index (χ3v) is 5.68. The number of carbonyl (C=O) groups excluding carboxylic acids is 3. The standard InChI is InChI=1S/C31H33N3O4/c1-7-19-34(29(36)21(3)32-30(37)38-31(4,5)6)27(24-15-13-22(8-2)14-16-24)28(35)33-26-18-17-23-11-9-10-12-25(23)20-26/h2,7,9-18,20-21,27H,1,19H2,3-6H3,(H,32,37)(H,33,35). The van der Waals surface area contributed by atoms with Crippen LogP contribution in [-0.2, 0) is 14.3 Å². The summed E-state index contributed by atoms with van der Waals surface area (Å²) in [4.78, 5) is 41.1. The van der Waals surface area contributed by atoms with E-state index in [-0.39, 0.29) is 6.54 Å².